The molecule has 0 fully saturated rings. The average Bonchev–Trinajstić information content (AvgIpc) is 2.64. The van der Waals surface area contributed by atoms with Crippen LogP contribution in [-0.2, 0) is 0 Å². The molecule has 0 atom stereocenters. The minimum absolute atomic E-state index is 0.0411. The van der Waals surface area contributed by atoms with E-state index in [1.165, 1.54) is 18.3 Å². The molecule has 3 aromatic rings. The van der Waals surface area contributed by atoms with Crippen molar-refractivity contribution in [3.63, 3.8) is 0 Å². The zero-order chi connectivity index (χ0) is 19.4. The maximum atomic E-state index is 14.1. The predicted octanol–water partition coefficient (Wildman–Crippen LogP) is 4.09. The van der Waals surface area contributed by atoms with Crippen LogP contribution in [-0.4, -0.2) is 35.7 Å². The van der Waals surface area contributed by atoms with Gasteiger partial charge in [-0.05, 0) is 29.8 Å². The molecule has 3 rings (SSSR count). The second-order valence-corrected chi connectivity index (χ2v) is 5.73. The van der Waals surface area contributed by atoms with E-state index in [2.05, 4.69) is 25.0 Å². The molecule has 0 spiro atoms. The number of ether oxygens (including phenoxy) is 1. The third kappa shape index (κ3) is 4.63. The highest BCUT2D eigenvalue weighted by atomic mass is 19.3. The van der Waals surface area contributed by atoms with Crippen LogP contribution in [0.1, 0.15) is 0 Å². The van der Waals surface area contributed by atoms with Crippen LogP contribution in [0.15, 0.2) is 48.8 Å². The Bertz CT molecular complexity index is 919. The number of aromatic nitrogens is 3. The molecule has 1 N–H and O–H groups in total. The quantitative estimate of drug-likeness (QED) is 0.655. The molecule has 2 aromatic heterocycles. The van der Waals surface area contributed by atoms with E-state index < -0.39 is 12.6 Å². The smallest absolute Gasteiger partial charge is 0.387 e. The van der Waals surface area contributed by atoms with Crippen molar-refractivity contribution in [2.75, 3.05) is 24.3 Å². The standard InChI is InChI=1S/C18H16F3N5O/c1-26(2)18-22-8-7-15(25-18)24-14-9-12(10-23-16(14)19)11-3-5-13(6-4-11)27-17(20)21/h3-10,17H,1-2H3,(H,22,24,25). The number of hydrogen-bond donors (Lipinski definition) is 1. The molecule has 0 unspecified atom stereocenters. The van der Waals surface area contributed by atoms with Gasteiger partial charge < -0.3 is 15.0 Å². The molecule has 0 bridgehead atoms. The average molecular weight is 375 g/mol. The molecule has 0 amide bonds. The Labute approximate surface area is 153 Å². The summed E-state index contributed by atoms with van der Waals surface area (Å²) in [5, 5.41) is 2.88. The summed E-state index contributed by atoms with van der Waals surface area (Å²) < 4.78 is 42.9. The largest absolute Gasteiger partial charge is 0.435 e. The molecule has 2 heterocycles. The summed E-state index contributed by atoms with van der Waals surface area (Å²) in [6, 6.07) is 9.16. The first-order valence-electron chi connectivity index (χ1n) is 7.90. The van der Waals surface area contributed by atoms with Gasteiger partial charge in [0.25, 0.3) is 0 Å². The maximum absolute atomic E-state index is 14.1. The van der Waals surface area contributed by atoms with Crippen molar-refractivity contribution < 1.29 is 17.9 Å². The Morgan fingerprint density at radius 1 is 1.04 bits per heavy atom. The number of halogens is 3. The van der Waals surface area contributed by atoms with E-state index in [0.717, 1.165) is 0 Å². The van der Waals surface area contributed by atoms with Gasteiger partial charge in [-0.1, -0.05) is 12.1 Å². The second kappa shape index (κ2) is 7.90. The lowest BCUT2D eigenvalue weighted by molar-refractivity contribution is -0.0498. The number of pyridine rings is 1. The van der Waals surface area contributed by atoms with Crippen LogP contribution in [0.2, 0.25) is 0 Å². The summed E-state index contributed by atoms with van der Waals surface area (Å²) in [5.41, 5.74) is 1.40. The van der Waals surface area contributed by atoms with Gasteiger partial charge in [-0.15, -0.1) is 0 Å². The molecule has 0 aliphatic rings. The Kier molecular flexibility index (Phi) is 5.39. The Balaban J connectivity index is 1.85. The molecular formula is C18H16F3N5O. The number of alkyl halides is 2. The molecule has 0 aliphatic carbocycles. The SMILES string of the molecule is CN(C)c1nccc(Nc2cc(-c3ccc(OC(F)F)cc3)cnc2F)n1. The monoisotopic (exact) mass is 375 g/mol. The van der Waals surface area contributed by atoms with Crippen molar-refractivity contribution in [3.05, 3.63) is 54.7 Å². The zero-order valence-electron chi connectivity index (χ0n) is 14.5. The molecule has 6 nitrogen and oxygen atoms in total. The topological polar surface area (TPSA) is 63.2 Å². The van der Waals surface area contributed by atoms with Crippen LogP contribution in [0.3, 0.4) is 0 Å². The fraction of sp³-hybridized carbons (Fsp3) is 0.167. The molecule has 9 heteroatoms. The van der Waals surface area contributed by atoms with Crippen molar-refractivity contribution in [2.45, 2.75) is 6.61 Å². The van der Waals surface area contributed by atoms with Crippen molar-refractivity contribution in [3.8, 4) is 16.9 Å². The number of nitrogens with one attached hydrogen (secondary N) is 1. The fourth-order valence-corrected chi connectivity index (χ4v) is 2.29. The summed E-state index contributed by atoms with van der Waals surface area (Å²) in [6.07, 6.45) is 2.91. The van der Waals surface area contributed by atoms with Gasteiger partial charge in [0, 0.05) is 32.1 Å². The van der Waals surface area contributed by atoms with Crippen LogP contribution in [0.4, 0.5) is 30.6 Å². The van der Waals surface area contributed by atoms with E-state index in [4.69, 9.17) is 0 Å². The molecule has 0 saturated carbocycles. The lowest BCUT2D eigenvalue weighted by atomic mass is 10.1. The highest BCUT2D eigenvalue weighted by Crippen LogP contribution is 2.27. The van der Waals surface area contributed by atoms with Gasteiger partial charge in [0.2, 0.25) is 11.9 Å². The van der Waals surface area contributed by atoms with Crippen molar-refractivity contribution in [1.82, 2.24) is 15.0 Å². The summed E-state index contributed by atoms with van der Waals surface area (Å²) in [5.74, 6) is 0.229. The highest BCUT2D eigenvalue weighted by Gasteiger charge is 2.10. The lowest BCUT2D eigenvalue weighted by Crippen LogP contribution is -2.13. The molecule has 27 heavy (non-hydrogen) atoms. The number of nitrogens with zero attached hydrogens (tertiary/aromatic N) is 4. The minimum Gasteiger partial charge on any atom is -0.435 e. The summed E-state index contributed by atoms with van der Waals surface area (Å²) in [4.78, 5) is 13.8. The van der Waals surface area contributed by atoms with Crippen LogP contribution in [0.25, 0.3) is 11.1 Å². The lowest BCUT2D eigenvalue weighted by Gasteiger charge is -2.12. The van der Waals surface area contributed by atoms with Gasteiger partial charge in [-0.3, -0.25) is 0 Å². The highest BCUT2D eigenvalue weighted by molar-refractivity contribution is 5.69. The Hall–Kier alpha value is -3.36. The Morgan fingerprint density at radius 3 is 2.44 bits per heavy atom. The van der Waals surface area contributed by atoms with Crippen LogP contribution in [0.5, 0.6) is 5.75 Å². The van der Waals surface area contributed by atoms with Gasteiger partial charge in [-0.2, -0.15) is 18.2 Å². The van der Waals surface area contributed by atoms with Crippen molar-refractivity contribution in [2.24, 2.45) is 0 Å². The third-order valence-corrected chi connectivity index (χ3v) is 3.56. The van der Waals surface area contributed by atoms with E-state index >= 15 is 0 Å². The number of rotatable bonds is 6. The molecule has 0 saturated heterocycles. The van der Waals surface area contributed by atoms with E-state index in [-0.39, 0.29) is 11.4 Å². The van der Waals surface area contributed by atoms with Crippen LogP contribution < -0.4 is 15.0 Å². The first-order valence-corrected chi connectivity index (χ1v) is 7.90. The van der Waals surface area contributed by atoms with Crippen molar-refractivity contribution >= 4 is 17.5 Å². The van der Waals surface area contributed by atoms with E-state index in [9.17, 15) is 13.2 Å². The molecule has 140 valence electrons. The molecule has 0 aliphatic heterocycles. The predicted molar refractivity (Wildman–Crippen MR) is 95.9 cm³/mol. The summed E-state index contributed by atoms with van der Waals surface area (Å²) in [7, 11) is 3.59. The normalized spacial score (nSPS) is 10.7. The zero-order valence-corrected chi connectivity index (χ0v) is 14.5. The maximum Gasteiger partial charge on any atom is 0.387 e. The van der Waals surface area contributed by atoms with Crippen molar-refractivity contribution in [1.29, 1.82) is 0 Å². The summed E-state index contributed by atoms with van der Waals surface area (Å²) >= 11 is 0. The van der Waals surface area contributed by atoms with Gasteiger partial charge >= 0.3 is 6.61 Å². The molecule has 1 aromatic carbocycles. The second-order valence-electron chi connectivity index (χ2n) is 5.73. The number of hydrogen-bond acceptors (Lipinski definition) is 6. The van der Waals surface area contributed by atoms with Gasteiger partial charge in [0.15, 0.2) is 0 Å². The van der Waals surface area contributed by atoms with Gasteiger partial charge in [0.1, 0.15) is 11.6 Å². The van der Waals surface area contributed by atoms with Crippen LogP contribution >= 0.6 is 0 Å². The van der Waals surface area contributed by atoms with Crippen LogP contribution in [0, 0.1) is 5.95 Å². The molecular weight excluding hydrogens is 359 g/mol. The minimum atomic E-state index is -2.89. The summed E-state index contributed by atoms with van der Waals surface area (Å²) in [6.45, 7) is -2.89. The number of benzene rings is 1. The first-order chi connectivity index (χ1) is 12.9. The van der Waals surface area contributed by atoms with Gasteiger partial charge in [0.05, 0.1) is 5.69 Å². The van der Waals surface area contributed by atoms with E-state index in [1.54, 1.807) is 49.5 Å². The Morgan fingerprint density at radius 2 is 1.78 bits per heavy atom. The third-order valence-electron chi connectivity index (χ3n) is 3.56. The van der Waals surface area contributed by atoms with E-state index in [1.807, 2.05) is 0 Å². The first kappa shape index (κ1) is 18.4. The van der Waals surface area contributed by atoms with E-state index in [0.29, 0.717) is 22.9 Å². The molecule has 0 radical (unpaired) electrons. The fourth-order valence-electron chi connectivity index (χ4n) is 2.29. The number of anilines is 3. The van der Waals surface area contributed by atoms with Gasteiger partial charge in [-0.25, -0.2) is 9.97 Å².